The van der Waals surface area contributed by atoms with Gasteiger partial charge in [0.15, 0.2) is 0 Å². The summed E-state index contributed by atoms with van der Waals surface area (Å²) in [5.41, 5.74) is 7.30. The molecule has 114 valence electrons. The van der Waals surface area contributed by atoms with Gasteiger partial charge in [-0.25, -0.2) is 8.42 Å². The smallest absolute Gasteiger partial charge is 0.246 e. The lowest BCUT2D eigenvalue weighted by Crippen LogP contribution is -2.36. The zero-order chi connectivity index (χ0) is 15.6. The first-order chi connectivity index (χ1) is 9.82. The van der Waals surface area contributed by atoms with E-state index in [-0.39, 0.29) is 17.5 Å². The fourth-order valence-corrected chi connectivity index (χ4v) is 3.66. The van der Waals surface area contributed by atoms with Crippen LogP contribution >= 0.6 is 0 Å². The van der Waals surface area contributed by atoms with Crippen LogP contribution in [0.4, 0.5) is 5.69 Å². The predicted molar refractivity (Wildman–Crippen MR) is 81.9 cm³/mol. The molecule has 0 bridgehead atoms. The predicted octanol–water partition coefficient (Wildman–Crippen LogP) is 1.60. The molecule has 0 saturated heterocycles. The largest absolute Gasteiger partial charge is 0.398 e. The molecule has 6 nitrogen and oxygen atoms in total. The van der Waals surface area contributed by atoms with Crippen molar-refractivity contribution in [2.24, 2.45) is 7.05 Å². The van der Waals surface area contributed by atoms with Crippen LogP contribution in [0.2, 0.25) is 0 Å². The topological polar surface area (TPSA) is 81.2 Å². The molecule has 0 aliphatic heterocycles. The average Bonchev–Trinajstić information content (AvgIpc) is 2.84. The molecular weight excluding hydrogens is 288 g/mol. The quantitative estimate of drug-likeness (QED) is 0.851. The summed E-state index contributed by atoms with van der Waals surface area (Å²) in [6.07, 6.45) is 2.86. The van der Waals surface area contributed by atoms with Crippen LogP contribution in [0.3, 0.4) is 0 Å². The number of nitrogen functional groups attached to an aromatic ring is 1. The van der Waals surface area contributed by atoms with Crippen LogP contribution in [-0.4, -0.2) is 28.5 Å². The number of aromatic nitrogens is 2. The summed E-state index contributed by atoms with van der Waals surface area (Å²) in [6.45, 7) is 3.92. The van der Waals surface area contributed by atoms with Crippen molar-refractivity contribution in [3.8, 4) is 0 Å². The third-order valence-corrected chi connectivity index (χ3v) is 5.22. The van der Waals surface area contributed by atoms with Gasteiger partial charge in [-0.2, -0.15) is 9.40 Å². The Balaban J connectivity index is 2.38. The SMILES string of the molecule is CC(C)N(Cc1ccccc1N)S(=O)(=O)c1cnn(C)c1. The van der Waals surface area contributed by atoms with Crippen LogP contribution in [0.15, 0.2) is 41.6 Å². The van der Waals surface area contributed by atoms with Crippen molar-refractivity contribution in [2.45, 2.75) is 31.3 Å². The molecule has 0 spiro atoms. The molecule has 0 unspecified atom stereocenters. The van der Waals surface area contributed by atoms with Crippen molar-refractivity contribution < 1.29 is 8.42 Å². The second-order valence-electron chi connectivity index (χ2n) is 5.19. The van der Waals surface area contributed by atoms with Gasteiger partial charge in [-0.15, -0.1) is 0 Å². The van der Waals surface area contributed by atoms with Gasteiger partial charge in [0, 0.05) is 31.5 Å². The molecule has 0 atom stereocenters. The first-order valence-electron chi connectivity index (χ1n) is 6.66. The molecule has 0 fully saturated rings. The van der Waals surface area contributed by atoms with E-state index in [9.17, 15) is 8.42 Å². The van der Waals surface area contributed by atoms with Gasteiger partial charge < -0.3 is 5.73 Å². The molecule has 1 aromatic carbocycles. The second kappa shape index (κ2) is 5.87. The highest BCUT2D eigenvalue weighted by Crippen LogP contribution is 2.22. The third kappa shape index (κ3) is 3.25. The normalized spacial score (nSPS) is 12.2. The minimum atomic E-state index is -3.60. The van der Waals surface area contributed by atoms with Gasteiger partial charge in [-0.05, 0) is 25.5 Å². The monoisotopic (exact) mass is 308 g/mol. The molecule has 0 radical (unpaired) electrons. The maximum atomic E-state index is 12.7. The molecule has 2 rings (SSSR count). The minimum absolute atomic E-state index is 0.185. The highest BCUT2D eigenvalue weighted by Gasteiger charge is 2.28. The van der Waals surface area contributed by atoms with E-state index in [0.29, 0.717) is 5.69 Å². The number of benzene rings is 1. The Bertz CT molecular complexity index is 722. The van der Waals surface area contributed by atoms with Crippen molar-refractivity contribution in [1.82, 2.24) is 14.1 Å². The molecule has 0 aliphatic rings. The first kappa shape index (κ1) is 15.5. The number of sulfonamides is 1. The summed E-state index contributed by atoms with van der Waals surface area (Å²) in [6, 6.07) is 7.10. The summed E-state index contributed by atoms with van der Waals surface area (Å²) < 4.78 is 28.4. The van der Waals surface area contributed by atoms with Gasteiger partial charge in [-0.3, -0.25) is 4.68 Å². The number of nitrogens with zero attached hydrogens (tertiary/aromatic N) is 3. The molecule has 2 aromatic rings. The molecule has 0 amide bonds. The van der Waals surface area contributed by atoms with Gasteiger partial charge in [0.1, 0.15) is 4.90 Å². The van der Waals surface area contributed by atoms with Gasteiger partial charge in [0.25, 0.3) is 0 Å². The molecular formula is C14H20N4O2S. The van der Waals surface area contributed by atoms with Crippen LogP contribution in [0, 0.1) is 0 Å². The average molecular weight is 308 g/mol. The van der Waals surface area contributed by atoms with E-state index < -0.39 is 10.0 Å². The summed E-state index contributed by atoms with van der Waals surface area (Å²) in [4.78, 5) is 0.188. The van der Waals surface area contributed by atoms with Crippen LogP contribution in [-0.2, 0) is 23.6 Å². The fraction of sp³-hybridized carbons (Fsp3) is 0.357. The Morgan fingerprint density at radius 3 is 2.52 bits per heavy atom. The summed E-state index contributed by atoms with van der Waals surface area (Å²) in [7, 11) is -1.91. The zero-order valence-electron chi connectivity index (χ0n) is 12.4. The van der Waals surface area contributed by atoms with Gasteiger partial charge in [0.2, 0.25) is 10.0 Å². The van der Waals surface area contributed by atoms with E-state index in [2.05, 4.69) is 5.10 Å². The van der Waals surface area contributed by atoms with Gasteiger partial charge >= 0.3 is 0 Å². The molecule has 7 heteroatoms. The van der Waals surface area contributed by atoms with Gasteiger partial charge in [0.05, 0.1) is 6.20 Å². The van der Waals surface area contributed by atoms with Crippen LogP contribution in [0.5, 0.6) is 0 Å². The Kier molecular flexibility index (Phi) is 4.34. The van der Waals surface area contributed by atoms with Crippen molar-refractivity contribution in [3.05, 3.63) is 42.2 Å². The van der Waals surface area contributed by atoms with Crippen molar-refractivity contribution >= 4 is 15.7 Å². The third-order valence-electron chi connectivity index (χ3n) is 3.25. The standard InChI is InChI=1S/C14H20N4O2S/c1-11(2)18(9-12-6-4-5-7-14(12)15)21(19,20)13-8-16-17(3)10-13/h4-8,10-11H,9,15H2,1-3H3. The van der Waals surface area contributed by atoms with Crippen molar-refractivity contribution in [3.63, 3.8) is 0 Å². The highest BCUT2D eigenvalue weighted by atomic mass is 32.2. The van der Waals surface area contributed by atoms with E-state index in [1.807, 2.05) is 32.0 Å². The Labute approximate surface area is 125 Å². The lowest BCUT2D eigenvalue weighted by molar-refractivity contribution is 0.348. The minimum Gasteiger partial charge on any atom is -0.398 e. The lowest BCUT2D eigenvalue weighted by Gasteiger charge is -2.25. The van der Waals surface area contributed by atoms with E-state index in [1.165, 1.54) is 21.4 Å². The van der Waals surface area contributed by atoms with E-state index in [1.54, 1.807) is 13.1 Å². The summed E-state index contributed by atoms with van der Waals surface area (Å²) in [5, 5.41) is 3.94. The zero-order valence-corrected chi connectivity index (χ0v) is 13.2. The van der Waals surface area contributed by atoms with Crippen LogP contribution in [0.25, 0.3) is 0 Å². The van der Waals surface area contributed by atoms with Crippen molar-refractivity contribution in [1.29, 1.82) is 0 Å². The number of hydrogen-bond acceptors (Lipinski definition) is 4. The number of nitrogens with two attached hydrogens (primary N) is 1. The Morgan fingerprint density at radius 1 is 1.33 bits per heavy atom. The Hall–Kier alpha value is -1.86. The number of para-hydroxylation sites is 1. The molecule has 0 saturated carbocycles. The maximum absolute atomic E-state index is 12.7. The van der Waals surface area contributed by atoms with E-state index >= 15 is 0 Å². The summed E-state index contributed by atoms with van der Waals surface area (Å²) in [5.74, 6) is 0. The molecule has 1 heterocycles. The van der Waals surface area contributed by atoms with Gasteiger partial charge in [-0.1, -0.05) is 18.2 Å². The van der Waals surface area contributed by atoms with Crippen molar-refractivity contribution in [2.75, 3.05) is 5.73 Å². The second-order valence-corrected chi connectivity index (χ2v) is 7.08. The molecule has 0 aliphatic carbocycles. The first-order valence-corrected chi connectivity index (χ1v) is 8.10. The lowest BCUT2D eigenvalue weighted by atomic mass is 10.2. The molecule has 2 N–H and O–H groups in total. The molecule has 21 heavy (non-hydrogen) atoms. The number of aryl methyl sites for hydroxylation is 1. The number of rotatable bonds is 5. The number of anilines is 1. The van der Waals surface area contributed by atoms with E-state index in [4.69, 9.17) is 5.73 Å². The van der Waals surface area contributed by atoms with Crippen LogP contribution in [0.1, 0.15) is 19.4 Å². The van der Waals surface area contributed by atoms with E-state index in [0.717, 1.165) is 5.56 Å². The number of hydrogen-bond donors (Lipinski definition) is 1. The van der Waals surface area contributed by atoms with Crippen LogP contribution < -0.4 is 5.73 Å². The maximum Gasteiger partial charge on any atom is 0.246 e. The molecule has 1 aromatic heterocycles. The summed E-state index contributed by atoms with van der Waals surface area (Å²) >= 11 is 0. The Morgan fingerprint density at radius 2 is 2.00 bits per heavy atom. The highest BCUT2D eigenvalue weighted by molar-refractivity contribution is 7.89. The fourth-order valence-electron chi connectivity index (χ4n) is 2.06.